The van der Waals surface area contributed by atoms with E-state index in [4.69, 9.17) is 4.74 Å². The van der Waals surface area contributed by atoms with Crippen LogP contribution in [0.3, 0.4) is 0 Å². The molecule has 4 rings (SSSR count). The second kappa shape index (κ2) is 7.79. The zero-order valence-corrected chi connectivity index (χ0v) is 16.8. The molecular formula is C23H20N4O3. The largest absolute Gasteiger partial charge is 0.494 e. The zero-order valence-electron chi connectivity index (χ0n) is 16.8. The van der Waals surface area contributed by atoms with Gasteiger partial charge >= 0.3 is 0 Å². The molecule has 0 atom stereocenters. The molecule has 2 aromatic carbocycles. The van der Waals surface area contributed by atoms with Gasteiger partial charge in [-0.15, -0.1) is 0 Å². The quantitative estimate of drug-likeness (QED) is 0.565. The third-order valence-corrected chi connectivity index (χ3v) is 4.83. The van der Waals surface area contributed by atoms with E-state index in [1.165, 1.54) is 17.1 Å². The molecule has 7 nitrogen and oxygen atoms in total. The second-order valence-electron chi connectivity index (χ2n) is 6.98. The van der Waals surface area contributed by atoms with Crippen LogP contribution in [0.2, 0.25) is 0 Å². The summed E-state index contributed by atoms with van der Waals surface area (Å²) in [7, 11) is 1.54. The van der Waals surface area contributed by atoms with Crippen LogP contribution in [0.25, 0.3) is 16.6 Å². The van der Waals surface area contributed by atoms with Gasteiger partial charge in [0, 0.05) is 18.1 Å². The summed E-state index contributed by atoms with van der Waals surface area (Å²) in [5, 5.41) is 3.32. The van der Waals surface area contributed by atoms with Gasteiger partial charge in [-0.2, -0.15) is 0 Å². The first-order valence-electron chi connectivity index (χ1n) is 9.36. The van der Waals surface area contributed by atoms with Crippen molar-refractivity contribution in [2.75, 3.05) is 12.4 Å². The predicted octanol–water partition coefficient (Wildman–Crippen LogP) is 3.66. The molecule has 150 valence electrons. The Morgan fingerprint density at radius 3 is 2.70 bits per heavy atom. The number of hydrogen-bond donors (Lipinski definition) is 1. The summed E-state index contributed by atoms with van der Waals surface area (Å²) in [4.78, 5) is 34.2. The van der Waals surface area contributed by atoms with Crippen molar-refractivity contribution < 1.29 is 9.53 Å². The van der Waals surface area contributed by atoms with E-state index in [9.17, 15) is 9.59 Å². The number of nitrogens with one attached hydrogen (secondary N) is 1. The Labute approximate surface area is 173 Å². The van der Waals surface area contributed by atoms with E-state index < -0.39 is 0 Å². The minimum absolute atomic E-state index is 0.214. The molecule has 0 aliphatic heterocycles. The molecule has 0 saturated carbocycles. The number of aromatic nitrogens is 3. The number of methoxy groups -OCH3 is 1. The van der Waals surface area contributed by atoms with E-state index in [0.29, 0.717) is 33.6 Å². The first-order chi connectivity index (χ1) is 14.5. The van der Waals surface area contributed by atoms with Crippen LogP contribution in [0.4, 0.5) is 5.69 Å². The van der Waals surface area contributed by atoms with Gasteiger partial charge in [-0.05, 0) is 55.3 Å². The number of nitrogens with zero attached hydrogens (tertiary/aromatic N) is 3. The zero-order chi connectivity index (χ0) is 21.3. The number of pyridine rings is 1. The van der Waals surface area contributed by atoms with Gasteiger partial charge in [0.25, 0.3) is 11.5 Å². The maximum absolute atomic E-state index is 13.1. The van der Waals surface area contributed by atoms with Gasteiger partial charge in [-0.3, -0.25) is 19.1 Å². The van der Waals surface area contributed by atoms with Crippen LogP contribution < -0.4 is 15.6 Å². The monoisotopic (exact) mass is 400 g/mol. The first kappa shape index (κ1) is 19.3. The number of carbonyl (C=O) groups is 1. The van der Waals surface area contributed by atoms with Crippen LogP contribution in [0, 0.1) is 13.8 Å². The molecule has 1 amide bonds. The number of aryl methyl sites for hydroxylation is 2. The Bertz CT molecular complexity index is 1330. The number of anilines is 1. The molecule has 0 spiro atoms. The third kappa shape index (κ3) is 3.53. The lowest BCUT2D eigenvalue weighted by atomic mass is 10.1. The van der Waals surface area contributed by atoms with Crippen molar-refractivity contribution >= 4 is 22.5 Å². The minimum Gasteiger partial charge on any atom is -0.494 e. The number of amides is 1. The smallest absolute Gasteiger partial charge is 0.265 e. The van der Waals surface area contributed by atoms with Crippen molar-refractivity contribution in [3.05, 3.63) is 88.2 Å². The number of ether oxygens (including phenoxy) is 1. The molecule has 0 aliphatic carbocycles. The lowest BCUT2D eigenvalue weighted by Gasteiger charge is -2.13. The number of fused-ring (bicyclic) bond motifs is 1. The number of rotatable bonds is 4. The molecule has 0 fully saturated rings. The van der Waals surface area contributed by atoms with Crippen molar-refractivity contribution in [2.45, 2.75) is 13.8 Å². The van der Waals surface area contributed by atoms with Crippen LogP contribution >= 0.6 is 0 Å². The van der Waals surface area contributed by atoms with E-state index in [0.717, 1.165) is 11.1 Å². The predicted molar refractivity (Wildman–Crippen MR) is 116 cm³/mol. The fourth-order valence-corrected chi connectivity index (χ4v) is 3.29. The Morgan fingerprint density at radius 2 is 1.93 bits per heavy atom. The van der Waals surface area contributed by atoms with Gasteiger partial charge in [0.1, 0.15) is 17.6 Å². The molecule has 0 radical (unpaired) electrons. The van der Waals surface area contributed by atoms with Crippen LogP contribution in [0.1, 0.15) is 21.5 Å². The molecule has 1 N–H and O–H groups in total. The van der Waals surface area contributed by atoms with Gasteiger partial charge in [-0.1, -0.05) is 12.1 Å². The summed E-state index contributed by atoms with van der Waals surface area (Å²) >= 11 is 0. The summed E-state index contributed by atoms with van der Waals surface area (Å²) in [5.41, 5.74) is 3.74. The van der Waals surface area contributed by atoms with Gasteiger partial charge in [0.2, 0.25) is 0 Å². The second-order valence-corrected chi connectivity index (χ2v) is 6.98. The summed E-state index contributed by atoms with van der Waals surface area (Å²) in [6, 6.07) is 12.4. The molecule has 0 bridgehead atoms. The summed E-state index contributed by atoms with van der Waals surface area (Å²) < 4.78 is 6.77. The van der Waals surface area contributed by atoms with Crippen LogP contribution in [0.15, 0.2) is 66.0 Å². The Hall–Kier alpha value is -4.00. The van der Waals surface area contributed by atoms with E-state index >= 15 is 0 Å². The van der Waals surface area contributed by atoms with Crippen LogP contribution in [0.5, 0.6) is 5.75 Å². The third-order valence-electron chi connectivity index (χ3n) is 4.83. The minimum atomic E-state index is -0.269. The van der Waals surface area contributed by atoms with Crippen molar-refractivity contribution in [1.82, 2.24) is 14.5 Å². The first-order valence-corrected chi connectivity index (χ1v) is 9.36. The Kier molecular flexibility index (Phi) is 5.02. The van der Waals surface area contributed by atoms with Gasteiger partial charge in [0.05, 0.1) is 23.7 Å². The highest BCUT2D eigenvalue weighted by atomic mass is 16.5. The molecule has 0 aliphatic rings. The maximum atomic E-state index is 13.1. The van der Waals surface area contributed by atoms with Gasteiger partial charge < -0.3 is 10.1 Å². The molecule has 4 aromatic rings. The lowest BCUT2D eigenvalue weighted by molar-refractivity contribution is 0.102. The Balaban J connectivity index is 1.75. The maximum Gasteiger partial charge on any atom is 0.265 e. The molecule has 0 saturated heterocycles. The van der Waals surface area contributed by atoms with E-state index in [-0.39, 0.29) is 11.5 Å². The van der Waals surface area contributed by atoms with Crippen LogP contribution in [-0.4, -0.2) is 27.6 Å². The van der Waals surface area contributed by atoms with Crippen LogP contribution in [-0.2, 0) is 0 Å². The Morgan fingerprint density at radius 1 is 1.10 bits per heavy atom. The number of carbonyl (C=O) groups excluding carboxylic acids is 1. The molecule has 2 aromatic heterocycles. The number of para-hydroxylation sites is 1. The van der Waals surface area contributed by atoms with E-state index in [1.54, 1.807) is 49.7 Å². The van der Waals surface area contributed by atoms with E-state index in [2.05, 4.69) is 15.3 Å². The van der Waals surface area contributed by atoms with Crippen molar-refractivity contribution in [3.8, 4) is 11.4 Å². The standard InChI is InChI=1S/C23H20N4O3/c1-14-9-16(12-24-11-14)22(28)26-17-8-7-15(2)19(10-17)27-13-25-21-18(23(27)29)5-4-6-20(21)30-3/h4-13H,1-3H3,(H,26,28). The average molecular weight is 400 g/mol. The molecule has 0 unspecified atom stereocenters. The number of hydrogen-bond acceptors (Lipinski definition) is 5. The van der Waals surface area contributed by atoms with E-state index in [1.807, 2.05) is 19.9 Å². The average Bonchev–Trinajstić information content (AvgIpc) is 2.75. The normalized spacial score (nSPS) is 10.8. The molecular weight excluding hydrogens is 380 g/mol. The van der Waals surface area contributed by atoms with Gasteiger partial charge in [0.15, 0.2) is 0 Å². The fourth-order valence-electron chi connectivity index (χ4n) is 3.29. The lowest BCUT2D eigenvalue weighted by Crippen LogP contribution is -2.20. The molecule has 30 heavy (non-hydrogen) atoms. The highest BCUT2D eigenvalue weighted by Gasteiger charge is 2.13. The highest BCUT2D eigenvalue weighted by Crippen LogP contribution is 2.23. The topological polar surface area (TPSA) is 86.1 Å². The summed E-state index contributed by atoms with van der Waals surface area (Å²) in [6.07, 6.45) is 4.68. The summed E-state index contributed by atoms with van der Waals surface area (Å²) in [5.74, 6) is 0.274. The number of benzene rings is 2. The van der Waals surface area contributed by atoms with Crippen molar-refractivity contribution in [2.24, 2.45) is 0 Å². The van der Waals surface area contributed by atoms with Crippen molar-refractivity contribution in [3.63, 3.8) is 0 Å². The van der Waals surface area contributed by atoms with Crippen molar-refractivity contribution in [1.29, 1.82) is 0 Å². The van der Waals surface area contributed by atoms with Gasteiger partial charge in [-0.25, -0.2) is 4.98 Å². The summed E-state index contributed by atoms with van der Waals surface area (Å²) in [6.45, 7) is 3.77. The molecule has 2 heterocycles. The molecule has 7 heteroatoms. The highest BCUT2D eigenvalue weighted by molar-refractivity contribution is 6.04. The fraction of sp³-hybridized carbons (Fsp3) is 0.130. The SMILES string of the molecule is COc1cccc2c(=O)n(-c3cc(NC(=O)c4cncc(C)c4)ccc3C)cnc12.